The summed E-state index contributed by atoms with van der Waals surface area (Å²) in [5, 5.41) is 2.96. The highest BCUT2D eigenvalue weighted by atomic mass is 19.1. The van der Waals surface area contributed by atoms with E-state index in [1.807, 2.05) is 68.4 Å². The van der Waals surface area contributed by atoms with E-state index in [1.165, 1.54) is 12.1 Å². The lowest BCUT2D eigenvalue weighted by atomic mass is 10.0. The highest BCUT2D eigenvalue weighted by Gasteiger charge is 2.30. The molecule has 36 heavy (non-hydrogen) atoms. The summed E-state index contributed by atoms with van der Waals surface area (Å²) in [5.41, 5.74) is 2.88. The Labute approximate surface area is 213 Å². The van der Waals surface area contributed by atoms with Gasteiger partial charge in [-0.1, -0.05) is 67.1 Å². The first-order valence-electron chi connectivity index (χ1n) is 12.5. The molecule has 3 rings (SSSR count). The van der Waals surface area contributed by atoms with E-state index in [4.69, 9.17) is 4.74 Å². The van der Waals surface area contributed by atoms with Crippen molar-refractivity contribution in [3.05, 3.63) is 101 Å². The van der Waals surface area contributed by atoms with Gasteiger partial charge in [0.25, 0.3) is 0 Å². The molecule has 0 bridgehead atoms. The SMILES string of the molecule is CCCNC(=O)[C@@H](Cc1ccccc1)N(Cc1ccc(F)cc1)C(=O)CCCOc1ccc(C)cc1. The van der Waals surface area contributed by atoms with Crippen molar-refractivity contribution in [1.29, 1.82) is 0 Å². The van der Waals surface area contributed by atoms with Crippen LogP contribution in [0, 0.1) is 12.7 Å². The molecule has 2 amide bonds. The third-order valence-electron chi connectivity index (χ3n) is 5.91. The van der Waals surface area contributed by atoms with Crippen molar-refractivity contribution >= 4 is 11.8 Å². The first kappa shape index (κ1) is 26.9. The minimum atomic E-state index is -0.686. The number of carbonyl (C=O) groups excluding carboxylic acids is 2. The van der Waals surface area contributed by atoms with E-state index in [0.29, 0.717) is 26.0 Å². The van der Waals surface area contributed by atoms with Crippen molar-refractivity contribution in [2.45, 2.75) is 52.1 Å². The Kier molecular flexibility index (Phi) is 10.5. The van der Waals surface area contributed by atoms with Crippen LogP contribution in [0.25, 0.3) is 0 Å². The van der Waals surface area contributed by atoms with Crippen LogP contribution in [-0.2, 0) is 22.6 Å². The van der Waals surface area contributed by atoms with E-state index in [-0.39, 0.29) is 30.6 Å². The average molecular weight is 491 g/mol. The molecule has 0 aliphatic carbocycles. The number of ether oxygens (including phenoxy) is 1. The van der Waals surface area contributed by atoms with Gasteiger partial charge in [-0.15, -0.1) is 0 Å². The molecule has 6 heteroatoms. The monoisotopic (exact) mass is 490 g/mol. The first-order chi connectivity index (χ1) is 17.5. The zero-order valence-electron chi connectivity index (χ0n) is 21.1. The molecule has 0 unspecified atom stereocenters. The number of hydrogen-bond donors (Lipinski definition) is 1. The predicted molar refractivity (Wildman–Crippen MR) is 140 cm³/mol. The molecule has 0 heterocycles. The molecule has 5 nitrogen and oxygen atoms in total. The van der Waals surface area contributed by atoms with Crippen molar-refractivity contribution in [3.8, 4) is 5.75 Å². The van der Waals surface area contributed by atoms with Crippen molar-refractivity contribution in [1.82, 2.24) is 10.2 Å². The van der Waals surface area contributed by atoms with Crippen LogP contribution < -0.4 is 10.1 Å². The number of aryl methyl sites for hydroxylation is 1. The van der Waals surface area contributed by atoms with Gasteiger partial charge in [-0.25, -0.2) is 4.39 Å². The van der Waals surface area contributed by atoms with Gasteiger partial charge in [0, 0.05) is 25.9 Å². The summed E-state index contributed by atoms with van der Waals surface area (Å²) >= 11 is 0. The fourth-order valence-corrected chi connectivity index (χ4v) is 3.90. The van der Waals surface area contributed by atoms with Crippen LogP contribution in [0.1, 0.15) is 42.9 Å². The van der Waals surface area contributed by atoms with Crippen LogP contribution in [0.15, 0.2) is 78.9 Å². The molecule has 1 N–H and O–H groups in total. The molecule has 3 aromatic rings. The van der Waals surface area contributed by atoms with Crippen LogP contribution in [0.4, 0.5) is 4.39 Å². The number of carbonyl (C=O) groups is 2. The number of benzene rings is 3. The normalized spacial score (nSPS) is 11.5. The van der Waals surface area contributed by atoms with Crippen LogP contribution in [0.2, 0.25) is 0 Å². The second-order valence-electron chi connectivity index (χ2n) is 8.91. The molecular weight excluding hydrogens is 455 g/mol. The zero-order valence-corrected chi connectivity index (χ0v) is 21.1. The van der Waals surface area contributed by atoms with E-state index >= 15 is 0 Å². The third kappa shape index (κ3) is 8.52. The molecule has 0 aromatic heterocycles. The fraction of sp³-hybridized carbons (Fsp3) is 0.333. The summed E-state index contributed by atoms with van der Waals surface area (Å²) in [5.74, 6) is 0.0926. The summed E-state index contributed by atoms with van der Waals surface area (Å²) in [6.07, 6.45) is 1.94. The van der Waals surface area contributed by atoms with Crippen molar-refractivity contribution < 1.29 is 18.7 Å². The maximum Gasteiger partial charge on any atom is 0.243 e. The molecule has 0 aliphatic rings. The molecule has 0 aliphatic heterocycles. The van der Waals surface area contributed by atoms with E-state index in [2.05, 4.69) is 5.32 Å². The number of nitrogens with zero attached hydrogens (tertiary/aromatic N) is 1. The first-order valence-corrected chi connectivity index (χ1v) is 12.5. The predicted octanol–water partition coefficient (Wildman–Crippen LogP) is 5.46. The summed E-state index contributed by atoms with van der Waals surface area (Å²) in [7, 11) is 0. The van der Waals surface area contributed by atoms with Gasteiger partial charge in [-0.05, 0) is 55.2 Å². The summed E-state index contributed by atoms with van der Waals surface area (Å²) in [6.45, 7) is 5.15. The Morgan fingerprint density at radius 3 is 2.31 bits per heavy atom. The summed E-state index contributed by atoms with van der Waals surface area (Å²) in [6, 6.07) is 22.8. The lowest BCUT2D eigenvalue weighted by Gasteiger charge is -2.31. The molecular formula is C30H35FN2O3. The van der Waals surface area contributed by atoms with Gasteiger partial charge in [-0.2, -0.15) is 0 Å². The molecule has 1 atom stereocenters. The van der Waals surface area contributed by atoms with Gasteiger partial charge in [0.1, 0.15) is 17.6 Å². The Hall–Kier alpha value is -3.67. The lowest BCUT2D eigenvalue weighted by Crippen LogP contribution is -2.50. The van der Waals surface area contributed by atoms with Gasteiger partial charge in [0.15, 0.2) is 0 Å². The lowest BCUT2D eigenvalue weighted by molar-refractivity contribution is -0.141. The highest BCUT2D eigenvalue weighted by molar-refractivity contribution is 5.88. The largest absolute Gasteiger partial charge is 0.494 e. The Morgan fingerprint density at radius 2 is 1.64 bits per heavy atom. The number of nitrogens with one attached hydrogen (secondary N) is 1. The Bertz CT molecular complexity index is 1090. The smallest absolute Gasteiger partial charge is 0.243 e. The number of hydrogen-bond acceptors (Lipinski definition) is 3. The van der Waals surface area contributed by atoms with Crippen LogP contribution >= 0.6 is 0 Å². The molecule has 190 valence electrons. The molecule has 0 radical (unpaired) electrons. The highest BCUT2D eigenvalue weighted by Crippen LogP contribution is 2.18. The molecule has 0 spiro atoms. The number of amides is 2. The van der Waals surface area contributed by atoms with Crippen LogP contribution in [-0.4, -0.2) is 35.9 Å². The van der Waals surface area contributed by atoms with E-state index in [0.717, 1.165) is 28.9 Å². The van der Waals surface area contributed by atoms with Gasteiger partial charge in [0.05, 0.1) is 6.61 Å². The number of rotatable bonds is 13. The van der Waals surface area contributed by atoms with Crippen molar-refractivity contribution in [2.75, 3.05) is 13.2 Å². The maximum atomic E-state index is 13.5. The molecule has 3 aromatic carbocycles. The second kappa shape index (κ2) is 14.0. The van der Waals surface area contributed by atoms with Gasteiger partial charge in [0.2, 0.25) is 11.8 Å². The number of halogens is 1. The van der Waals surface area contributed by atoms with Crippen LogP contribution in [0.3, 0.4) is 0 Å². The summed E-state index contributed by atoms with van der Waals surface area (Å²) in [4.78, 5) is 28.4. The van der Waals surface area contributed by atoms with Gasteiger partial charge < -0.3 is 15.0 Å². The quantitative estimate of drug-likeness (QED) is 0.324. The maximum absolute atomic E-state index is 13.5. The zero-order chi connectivity index (χ0) is 25.8. The van der Waals surface area contributed by atoms with Crippen molar-refractivity contribution in [3.63, 3.8) is 0 Å². The van der Waals surface area contributed by atoms with E-state index in [1.54, 1.807) is 17.0 Å². The minimum absolute atomic E-state index is 0.139. The van der Waals surface area contributed by atoms with E-state index in [9.17, 15) is 14.0 Å². The van der Waals surface area contributed by atoms with Crippen LogP contribution in [0.5, 0.6) is 5.75 Å². The molecule has 0 saturated carbocycles. The molecule has 0 saturated heterocycles. The Morgan fingerprint density at radius 1 is 0.944 bits per heavy atom. The standard InChI is InChI=1S/C30H35FN2O3/c1-3-19-32-30(35)28(21-24-8-5-4-6-9-24)33(22-25-13-15-26(31)16-14-25)29(34)10-7-20-36-27-17-11-23(2)12-18-27/h4-6,8-9,11-18,28H,3,7,10,19-22H2,1-2H3,(H,32,35)/t28-/m1/s1. The summed E-state index contributed by atoms with van der Waals surface area (Å²) < 4.78 is 19.3. The van der Waals surface area contributed by atoms with Crippen molar-refractivity contribution in [2.24, 2.45) is 0 Å². The average Bonchev–Trinajstić information content (AvgIpc) is 2.89. The Balaban J connectivity index is 1.76. The third-order valence-corrected chi connectivity index (χ3v) is 5.91. The van der Waals surface area contributed by atoms with Gasteiger partial charge in [-0.3, -0.25) is 9.59 Å². The molecule has 0 fully saturated rings. The second-order valence-corrected chi connectivity index (χ2v) is 8.91. The topological polar surface area (TPSA) is 58.6 Å². The van der Waals surface area contributed by atoms with E-state index < -0.39 is 6.04 Å². The van der Waals surface area contributed by atoms with Gasteiger partial charge >= 0.3 is 0 Å². The fourth-order valence-electron chi connectivity index (χ4n) is 3.90. The minimum Gasteiger partial charge on any atom is -0.494 e.